The van der Waals surface area contributed by atoms with Crippen LogP contribution in [0.25, 0.3) is 0 Å². The molecule has 0 spiro atoms. The van der Waals surface area contributed by atoms with E-state index in [1.165, 1.54) is 5.56 Å². The zero-order chi connectivity index (χ0) is 21.2. The number of nitrogens with zero attached hydrogens (tertiary/aromatic N) is 4. The van der Waals surface area contributed by atoms with Gasteiger partial charge in [-0.05, 0) is 43.6 Å². The minimum Gasteiger partial charge on any atom is -0.497 e. The minimum absolute atomic E-state index is 0.0129. The number of hydrogen-bond acceptors (Lipinski definition) is 4. The van der Waals surface area contributed by atoms with Crippen molar-refractivity contribution in [1.82, 2.24) is 20.0 Å². The van der Waals surface area contributed by atoms with Gasteiger partial charge in [-0.25, -0.2) is 4.99 Å². The van der Waals surface area contributed by atoms with E-state index >= 15 is 0 Å². The lowest BCUT2D eigenvalue weighted by atomic mass is 10.1. The molecule has 0 bridgehead atoms. The van der Waals surface area contributed by atoms with E-state index in [1.807, 2.05) is 12.1 Å². The molecule has 7 nitrogen and oxygen atoms in total. The molecule has 1 aliphatic rings. The van der Waals surface area contributed by atoms with Gasteiger partial charge in [0.1, 0.15) is 12.3 Å². The number of methoxy groups -OCH3 is 1. The first-order chi connectivity index (χ1) is 14.0. The Bertz CT molecular complexity index is 656. The lowest BCUT2D eigenvalue weighted by Crippen LogP contribution is -2.44. The van der Waals surface area contributed by atoms with Crippen LogP contribution in [0.4, 0.5) is 0 Å². The number of carbonyl (C=O) groups excluding carboxylic acids is 1. The Kier molecular flexibility index (Phi) is 9.25. The number of amides is 1. The molecule has 29 heavy (non-hydrogen) atoms. The third kappa shape index (κ3) is 6.92. The van der Waals surface area contributed by atoms with E-state index in [0.717, 1.165) is 57.3 Å². The quantitative estimate of drug-likeness (QED) is 0.502. The van der Waals surface area contributed by atoms with Gasteiger partial charge in [0.2, 0.25) is 5.91 Å². The van der Waals surface area contributed by atoms with E-state index in [-0.39, 0.29) is 12.5 Å². The number of likely N-dealkylation sites (tertiary alicyclic amines) is 1. The van der Waals surface area contributed by atoms with Crippen LogP contribution >= 0.6 is 0 Å². The van der Waals surface area contributed by atoms with E-state index in [2.05, 4.69) is 46.1 Å². The summed E-state index contributed by atoms with van der Waals surface area (Å²) in [6, 6.07) is 8.67. The Balaban J connectivity index is 1.99. The van der Waals surface area contributed by atoms with Gasteiger partial charge >= 0.3 is 0 Å². The van der Waals surface area contributed by atoms with Gasteiger partial charge in [-0.15, -0.1) is 0 Å². The number of nitrogens with one attached hydrogen (secondary N) is 1. The predicted molar refractivity (Wildman–Crippen MR) is 119 cm³/mol. The number of benzene rings is 1. The number of carbonyl (C=O) groups is 1. The molecular formula is C22H37N5O2. The Labute approximate surface area is 175 Å². The van der Waals surface area contributed by atoms with Crippen molar-refractivity contribution < 1.29 is 9.53 Å². The summed E-state index contributed by atoms with van der Waals surface area (Å²) in [6.45, 7) is 9.40. The summed E-state index contributed by atoms with van der Waals surface area (Å²) in [5, 5.41) is 3.48. The fraction of sp³-hybridized carbons (Fsp3) is 0.636. The second-order valence-corrected chi connectivity index (χ2v) is 7.56. The minimum atomic E-state index is 0.0129. The summed E-state index contributed by atoms with van der Waals surface area (Å²) in [5.74, 6) is 1.72. The van der Waals surface area contributed by atoms with Crippen molar-refractivity contribution >= 4 is 11.9 Å². The van der Waals surface area contributed by atoms with Crippen molar-refractivity contribution in [1.29, 1.82) is 0 Å². The van der Waals surface area contributed by atoms with Crippen LogP contribution < -0.4 is 10.1 Å². The molecule has 0 saturated carbocycles. The largest absolute Gasteiger partial charge is 0.497 e. The number of aliphatic imine (C=N–C) groups is 1. The molecule has 1 aromatic carbocycles. The first-order valence-electron chi connectivity index (χ1n) is 10.6. The van der Waals surface area contributed by atoms with Crippen molar-refractivity contribution in [2.24, 2.45) is 4.99 Å². The third-order valence-electron chi connectivity index (χ3n) is 5.51. The van der Waals surface area contributed by atoms with Gasteiger partial charge in [-0.2, -0.15) is 0 Å². The number of likely N-dealkylation sites (N-methyl/N-ethyl adjacent to an activating group) is 2. The van der Waals surface area contributed by atoms with Crippen molar-refractivity contribution in [2.75, 3.05) is 60.5 Å². The van der Waals surface area contributed by atoms with Gasteiger partial charge in [0, 0.05) is 39.8 Å². The molecule has 1 aromatic rings. The molecule has 0 aromatic heterocycles. The van der Waals surface area contributed by atoms with E-state index in [0.29, 0.717) is 6.04 Å². The highest BCUT2D eigenvalue weighted by molar-refractivity contribution is 5.85. The number of rotatable bonds is 9. The highest BCUT2D eigenvalue weighted by Crippen LogP contribution is 2.16. The molecule has 7 heteroatoms. The van der Waals surface area contributed by atoms with E-state index in [9.17, 15) is 4.79 Å². The molecular weight excluding hydrogens is 366 g/mol. The Morgan fingerprint density at radius 3 is 2.52 bits per heavy atom. The normalized spacial score (nSPS) is 17.0. The van der Waals surface area contributed by atoms with Crippen LogP contribution in [0.1, 0.15) is 25.8 Å². The second-order valence-electron chi connectivity index (χ2n) is 7.56. The fourth-order valence-electron chi connectivity index (χ4n) is 3.63. The third-order valence-corrected chi connectivity index (χ3v) is 5.51. The average molecular weight is 404 g/mol. The van der Waals surface area contributed by atoms with Crippen molar-refractivity contribution in [3.05, 3.63) is 29.8 Å². The zero-order valence-corrected chi connectivity index (χ0v) is 18.6. The summed E-state index contributed by atoms with van der Waals surface area (Å²) in [4.78, 5) is 23.0. The maximum Gasteiger partial charge on any atom is 0.243 e. The fourth-order valence-corrected chi connectivity index (χ4v) is 3.63. The molecule has 1 saturated heterocycles. The summed E-state index contributed by atoms with van der Waals surface area (Å²) in [6.07, 6.45) is 2.01. The molecule has 1 atom stereocenters. The lowest BCUT2D eigenvalue weighted by molar-refractivity contribution is -0.127. The standard InChI is InChI=1S/C22H37N5O2/c1-6-26(7-2)19-13-15-27(17-19)22(24-16-21(28)25(3)4)23-14-12-18-8-10-20(29-5)11-9-18/h8-11,19H,6-7,12-17H2,1-5H3,(H,23,24). The molecule has 1 fully saturated rings. The summed E-state index contributed by atoms with van der Waals surface area (Å²) in [5.41, 5.74) is 1.24. The van der Waals surface area contributed by atoms with E-state index < -0.39 is 0 Å². The van der Waals surface area contributed by atoms with Crippen molar-refractivity contribution in [3.63, 3.8) is 0 Å². The Hall–Kier alpha value is -2.28. The molecule has 0 radical (unpaired) electrons. The predicted octanol–water partition coefficient (Wildman–Crippen LogP) is 1.69. The lowest BCUT2D eigenvalue weighted by Gasteiger charge is -2.27. The summed E-state index contributed by atoms with van der Waals surface area (Å²) >= 11 is 0. The zero-order valence-electron chi connectivity index (χ0n) is 18.6. The molecule has 0 aliphatic carbocycles. The van der Waals surface area contributed by atoms with Crippen molar-refractivity contribution in [3.8, 4) is 5.75 Å². The smallest absolute Gasteiger partial charge is 0.243 e. The Morgan fingerprint density at radius 2 is 1.93 bits per heavy atom. The van der Waals surface area contributed by atoms with Crippen molar-refractivity contribution in [2.45, 2.75) is 32.7 Å². The molecule has 2 rings (SSSR count). The van der Waals surface area contributed by atoms with Crippen LogP contribution in [-0.4, -0.2) is 93.1 Å². The highest BCUT2D eigenvalue weighted by atomic mass is 16.5. The molecule has 1 aliphatic heterocycles. The van der Waals surface area contributed by atoms with Crippen LogP contribution in [-0.2, 0) is 11.2 Å². The van der Waals surface area contributed by atoms with Gasteiger partial charge in [0.05, 0.1) is 7.11 Å². The first kappa shape index (κ1) is 23.0. The van der Waals surface area contributed by atoms with Gasteiger partial charge in [0.25, 0.3) is 0 Å². The van der Waals surface area contributed by atoms with E-state index in [4.69, 9.17) is 4.74 Å². The van der Waals surface area contributed by atoms with Gasteiger partial charge < -0.3 is 19.9 Å². The van der Waals surface area contributed by atoms with Gasteiger partial charge in [-0.3, -0.25) is 9.69 Å². The van der Waals surface area contributed by atoms with Crippen LogP contribution in [0.2, 0.25) is 0 Å². The van der Waals surface area contributed by atoms with Crippen LogP contribution in [0, 0.1) is 0 Å². The molecule has 1 N–H and O–H groups in total. The number of hydrogen-bond donors (Lipinski definition) is 1. The molecule has 1 amide bonds. The molecule has 162 valence electrons. The molecule has 1 unspecified atom stereocenters. The number of guanidine groups is 1. The summed E-state index contributed by atoms with van der Waals surface area (Å²) in [7, 11) is 5.21. The van der Waals surface area contributed by atoms with E-state index in [1.54, 1.807) is 26.1 Å². The Morgan fingerprint density at radius 1 is 1.24 bits per heavy atom. The van der Waals surface area contributed by atoms with Crippen LogP contribution in [0.3, 0.4) is 0 Å². The maximum absolute atomic E-state index is 12.0. The SMILES string of the molecule is CCN(CC)C1CCN(C(=NCC(=O)N(C)C)NCCc2ccc(OC)cc2)C1. The maximum atomic E-state index is 12.0. The number of ether oxygens (including phenoxy) is 1. The summed E-state index contributed by atoms with van der Waals surface area (Å²) < 4.78 is 5.22. The van der Waals surface area contributed by atoms with Gasteiger partial charge in [0.15, 0.2) is 5.96 Å². The second kappa shape index (κ2) is 11.7. The van der Waals surface area contributed by atoms with Crippen LogP contribution in [0.15, 0.2) is 29.3 Å². The average Bonchev–Trinajstić information content (AvgIpc) is 3.21. The first-order valence-corrected chi connectivity index (χ1v) is 10.6. The highest BCUT2D eigenvalue weighted by Gasteiger charge is 2.28. The topological polar surface area (TPSA) is 60.4 Å². The van der Waals surface area contributed by atoms with Gasteiger partial charge in [-0.1, -0.05) is 26.0 Å². The van der Waals surface area contributed by atoms with Crippen LogP contribution in [0.5, 0.6) is 5.75 Å². The molecule has 1 heterocycles. The monoisotopic (exact) mass is 403 g/mol.